The zero-order valence-corrected chi connectivity index (χ0v) is 16.9. The average molecular weight is 478 g/mol. The number of hydrogen-bond donors (Lipinski definition) is 2. The van der Waals surface area contributed by atoms with Crippen molar-refractivity contribution in [3.05, 3.63) is 44.9 Å². The summed E-state index contributed by atoms with van der Waals surface area (Å²) in [5.74, 6) is 0. The van der Waals surface area contributed by atoms with Crippen LogP contribution in [-0.2, 0) is 20.9 Å². The van der Waals surface area contributed by atoms with Gasteiger partial charge >= 0.3 is 24.0 Å². The van der Waals surface area contributed by atoms with Crippen LogP contribution in [0.3, 0.4) is 0 Å². The summed E-state index contributed by atoms with van der Waals surface area (Å²) in [4.78, 5) is 43.2. The fourth-order valence-electron chi connectivity index (χ4n) is 2.55. The number of carbonyl (C=O) groups is 1. The van der Waals surface area contributed by atoms with E-state index in [1.54, 1.807) is 4.83 Å². The third kappa shape index (κ3) is 4.71. The minimum Gasteiger partial charge on any atom is -0.434 e. The molecule has 0 bridgehead atoms. The normalized spacial score (nSPS) is 12.0. The minimum atomic E-state index is -4.96. The molecule has 32 heavy (non-hydrogen) atoms. The second-order valence-electron chi connectivity index (χ2n) is 6.10. The van der Waals surface area contributed by atoms with E-state index in [0.29, 0.717) is 17.0 Å². The molecule has 2 heterocycles. The van der Waals surface area contributed by atoms with Gasteiger partial charge in [-0.15, -0.1) is 5.10 Å². The van der Waals surface area contributed by atoms with Crippen LogP contribution in [0.1, 0.15) is 12.5 Å². The van der Waals surface area contributed by atoms with Gasteiger partial charge in [-0.05, 0) is 19.1 Å². The highest BCUT2D eigenvalue weighted by Crippen LogP contribution is 2.35. The van der Waals surface area contributed by atoms with Crippen LogP contribution in [0.2, 0.25) is 0 Å². The van der Waals surface area contributed by atoms with Gasteiger partial charge < -0.3 is 14.5 Å². The second-order valence-corrected chi connectivity index (χ2v) is 7.83. The van der Waals surface area contributed by atoms with Gasteiger partial charge in [-0.2, -0.15) is 22.8 Å². The van der Waals surface area contributed by atoms with Crippen molar-refractivity contribution < 1.29 is 35.9 Å². The van der Waals surface area contributed by atoms with Gasteiger partial charge in [-0.25, -0.2) is 27.5 Å². The molecule has 0 aliphatic carbocycles. The van der Waals surface area contributed by atoms with Crippen molar-refractivity contribution in [3.63, 3.8) is 0 Å². The van der Waals surface area contributed by atoms with Crippen LogP contribution in [-0.4, -0.2) is 51.9 Å². The number of benzene rings is 1. The predicted octanol–water partition coefficient (Wildman–Crippen LogP) is 0.328. The van der Waals surface area contributed by atoms with Gasteiger partial charge in [0.25, 0.3) is 5.56 Å². The third-order valence-corrected chi connectivity index (χ3v) is 4.25. The predicted molar refractivity (Wildman–Crippen MR) is 101 cm³/mol. The zero-order chi connectivity index (χ0) is 23.8. The van der Waals surface area contributed by atoms with Crippen molar-refractivity contribution in [1.82, 2.24) is 24.4 Å². The molecule has 13 nitrogen and oxygen atoms in total. The summed E-state index contributed by atoms with van der Waals surface area (Å²) in [6, 6.07) is 0.570. The Kier molecular flexibility index (Phi) is 5.69. The van der Waals surface area contributed by atoms with Gasteiger partial charge in [-0.3, -0.25) is 4.79 Å². The van der Waals surface area contributed by atoms with Gasteiger partial charge in [0.2, 0.25) is 10.0 Å². The first-order chi connectivity index (χ1) is 14.8. The Labute approximate surface area is 175 Å². The molecule has 0 radical (unpaired) electrons. The molecule has 2 aromatic heterocycles. The maximum Gasteiger partial charge on any atom is 0.516 e. The molecular weight excluding hydrogens is 465 g/mol. The highest BCUT2D eigenvalue weighted by Gasteiger charge is 2.35. The average Bonchev–Trinajstić information content (AvgIpc) is 3.11. The fourth-order valence-corrected chi connectivity index (χ4v) is 3.05. The Bertz CT molecular complexity index is 1420. The molecule has 0 saturated heterocycles. The number of nitrogens with one attached hydrogen (secondary N) is 2. The van der Waals surface area contributed by atoms with Crippen LogP contribution in [0.25, 0.3) is 16.6 Å². The Morgan fingerprint density at radius 2 is 1.97 bits per heavy atom. The third-order valence-electron chi connectivity index (χ3n) is 3.73. The second kappa shape index (κ2) is 7.98. The summed E-state index contributed by atoms with van der Waals surface area (Å²) >= 11 is 0. The summed E-state index contributed by atoms with van der Waals surface area (Å²) in [6.07, 6.45) is -4.70. The maximum absolute atomic E-state index is 13.6. The van der Waals surface area contributed by atoms with E-state index < -0.39 is 61.8 Å². The highest BCUT2D eigenvalue weighted by atomic mass is 32.2. The fraction of sp³-hybridized carbons (Fsp3) is 0.267. The van der Waals surface area contributed by atoms with Crippen LogP contribution >= 0.6 is 0 Å². The van der Waals surface area contributed by atoms with E-state index >= 15 is 0 Å². The van der Waals surface area contributed by atoms with E-state index in [1.165, 1.54) is 6.92 Å². The molecule has 0 spiro atoms. The molecule has 2 N–H and O–H groups in total. The summed E-state index contributed by atoms with van der Waals surface area (Å²) in [7, 11) is -4.07. The molecule has 0 unspecified atom stereocenters. The quantitative estimate of drug-likeness (QED) is 0.491. The van der Waals surface area contributed by atoms with Crippen LogP contribution < -0.4 is 20.8 Å². The number of aromatic amines is 1. The zero-order valence-electron chi connectivity index (χ0n) is 16.1. The first-order valence-electron chi connectivity index (χ1n) is 8.45. The lowest BCUT2D eigenvalue weighted by molar-refractivity contribution is -0.137. The van der Waals surface area contributed by atoms with Crippen molar-refractivity contribution in [2.75, 3.05) is 17.7 Å². The number of alkyl halides is 3. The van der Waals surface area contributed by atoms with Crippen LogP contribution in [0.4, 0.5) is 18.0 Å². The molecule has 0 saturated carbocycles. The van der Waals surface area contributed by atoms with Gasteiger partial charge in [0, 0.05) is 0 Å². The minimum absolute atomic E-state index is 0.0333. The highest BCUT2D eigenvalue weighted by molar-refractivity contribution is 7.91. The number of rotatable bonds is 5. The van der Waals surface area contributed by atoms with E-state index in [9.17, 15) is 36.0 Å². The standard InChI is InChI=1S/C15H13F3N6O7S/c1-3-30-14(27)31-12-19-6-23(21-12)10-4-7-9(5-8(10)15(16,17)18)20-13(26)24(11(7)25)22-32(2,28)29/h4-6,22H,3H2,1-2H3,(H,20,26). The topological polar surface area (TPSA) is 167 Å². The van der Waals surface area contributed by atoms with Crippen LogP contribution in [0, 0.1) is 0 Å². The summed E-state index contributed by atoms with van der Waals surface area (Å²) in [5, 5.41) is 3.12. The molecule has 1 aromatic carbocycles. The number of ether oxygens (including phenoxy) is 2. The Morgan fingerprint density at radius 1 is 1.28 bits per heavy atom. The molecule has 0 aliphatic heterocycles. The first kappa shape index (κ1) is 22.8. The first-order valence-corrected chi connectivity index (χ1v) is 10.3. The van der Waals surface area contributed by atoms with E-state index in [0.717, 1.165) is 12.4 Å². The van der Waals surface area contributed by atoms with Crippen molar-refractivity contribution >= 4 is 27.1 Å². The monoisotopic (exact) mass is 478 g/mol. The summed E-state index contributed by atoms with van der Waals surface area (Å²) < 4.78 is 73.5. The lowest BCUT2D eigenvalue weighted by atomic mass is 10.1. The van der Waals surface area contributed by atoms with Gasteiger partial charge in [0.15, 0.2) is 0 Å². The van der Waals surface area contributed by atoms with Gasteiger partial charge in [-0.1, -0.05) is 0 Å². The Morgan fingerprint density at radius 3 is 2.56 bits per heavy atom. The van der Waals surface area contributed by atoms with Crippen molar-refractivity contribution in [1.29, 1.82) is 0 Å². The van der Waals surface area contributed by atoms with Crippen LogP contribution in [0.15, 0.2) is 28.0 Å². The van der Waals surface area contributed by atoms with Gasteiger partial charge in [0.05, 0.1) is 35.0 Å². The van der Waals surface area contributed by atoms with Gasteiger partial charge in [0.1, 0.15) is 6.33 Å². The lowest BCUT2D eigenvalue weighted by Gasteiger charge is -2.14. The molecule has 172 valence electrons. The molecule has 3 rings (SSSR count). The molecule has 0 aliphatic rings. The molecule has 3 aromatic rings. The molecule has 0 amide bonds. The van der Waals surface area contributed by atoms with E-state index in [4.69, 9.17) is 0 Å². The van der Waals surface area contributed by atoms with E-state index in [-0.39, 0.29) is 11.3 Å². The summed E-state index contributed by atoms with van der Waals surface area (Å²) in [5.41, 5.74) is -5.09. The number of aromatic nitrogens is 5. The molecule has 17 heteroatoms. The van der Waals surface area contributed by atoms with E-state index in [2.05, 4.69) is 19.6 Å². The SMILES string of the molecule is CCOC(=O)Oc1ncn(-c2cc3c(=O)n(NS(C)(=O)=O)c(=O)[nH]c3cc2C(F)(F)F)n1. The number of sulfonamides is 1. The maximum atomic E-state index is 13.6. The molecule has 0 atom stereocenters. The van der Waals surface area contributed by atoms with E-state index in [1.807, 2.05) is 4.98 Å². The number of H-pyrrole nitrogens is 1. The Balaban J connectivity index is 2.23. The number of nitrogens with zero attached hydrogens (tertiary/aromatic N) is 4. The lowest BCUT2D eigenvalue weighted by Crippen LogP contribution is -2.43. The molecule has 0 fully saturated rings. The summed E-state index contributed by atoms with van der Waals surface area (Å²) in [6.45, 7) is 1.46. The number of carbonyl (C=O) groups excluding carboxylic acids is 1. The number of halogens is 3. The van der Waals surface area contributed by atoms with Crippen LogP contribution in [0.5, 0.6) is 6.01 Å². The van der Waals surface area contributed by atoms with Crippen molar-refractivity contribution in [2.24, 2.45) is 0 Å². The largest absolute Gasteiger partial charge is 0.516 e. The molecular formula is C15H13F3N6O7S. The van der Waals surface area contributed by atoms with Crippen molar-refractivity contribution in [3.8, 4) is 11.7 Å². The number of hydrogen-bond acceptors (Lipinski definition) is 9. The number of fused-ring (bicyclic) bond motifs is 1. The van der Waals surface area contributed by atoms with Crippen molar-refractivity contribution in [2.45, 2.75) is 13.1 Å². The Hall–Kier alpha value is -3.89. The smallest absolute Gasteiger partial charge is 0.434 e.